The molecule has 0 aromatic rings. The highest BCUT2D eigenvalue weighted by atomic mass is 32.2. The Balaban J connectivity index is 5.36. The lowest BCUT2D eigenvalue weighted by Gasteiger charge is -2.24. The molecule has 0 aliphatic rings. The van der Waals surface area contributed by atoms with Crippen molar-refractivity contribution in [2.75, 3.05) is 25.1 Å². The lowest BCUT2D eigenvalue weighted by atomic mass is 10.1. The topological polar surface area (TPSA) is 284 Å². The molecule has 0 rings (SSSR count). The van der Waals surface area contributed by atoms with Gasteiger partial charge in [-0.15, -0.1) is 0 Å². The van der Waals surface area contributed by atoms with Crippen molar-refractivity contribution < 1.29 is 29.1 Å². The molecule has 212 valence electrons. The third-order valence-corrected chi connectivity index (χ3v) is 5.79. The van der Waals surface area contributed by atoms with Gasteiger partial charge in [0.25, 0.3) is 0 Å². The molecular weight excluding hydrogens is 506 g/mol. The molecule has 37 heavy (non-hydrogen) atoms. The number of nitrogens with zero attached hydrogens (tertiary/aromatic N) is 1. The van der Waals surface area contributed by atoms with E-state index in [1.807, 2.05) is 6.26 Å². The van der Waals surface area contributed by atoms with Crippen LogP contribution in [0.15, 0.2) is 4.99 Å². The number of nitrogens with two attached hydrogens (primary N) is 5. The molecule has 0 bridgehead atoms. The van der Waals surface area contributed by atoms with E-state index in [0.717, 1.165) is 0 Å². The zero-order chi connectivity index (χ0) is 28.4. The van der Waals surface area contributed by atoms with Crippen LogP contribution in [0.5, 0.6) is 0 Å². The summed E-state index contributed by atoms with van der Waals surface area (Å²) >= 11 is 1.43. The van der Waals surface area contributed by atoms with Crippen LogP contribution in [0, 0.1) is 0 Å². The molecule has 0 spiro atoms. The maximum absolute atomic E-state index is 13.0. The van der Waals surface area contributed by atoms with Gasteiger partial charge in [0.2, 0.25) is 23.6 Å². The van der Waals surface area contributed by atoms with Crippen LogP contribution in [0.25, 0.3) is 0 Å². The summed E-state index contributed by atoms with van der Waals surface area (Å²) in [6.07, 6.45) is 3.28. The monoisotopic (exact) mass is 547 g/mol. The number of primary amides is 1. The molecule has 0 radical (unpaired) electrons. The van der Waals surface area contributed by atoms with Gasteiger partial charge in [0.15, 0.2) is 5.96 Å². The number of aliphatic carboxylic acids is 1. The van der Waals surface area contributed by atoms with E-state index in [0.29, 0.717) is 31.6 Å². The predicted molar refractivity (Wildman–Crippen MR) is 141 cm³/mol. The maximum Gasteiger partial charge on any atom is 0.326 e. The lowest BCUT2D eigenvalue weighted by molar-refractivity contribution is -0.142. The fourth-order valence-electron chi connectivity index (χ4n) is 3.14. The predicted octanol–water partition coefficient (Wildman–Crippen LogP) is -3.34. The number of hydrogen-bond donors (Lipinski definition) is 9. The number of amides is 4. The second-order valence-electron chi connectivity index (χ2n) is 8.31. The van der Waals surface area contributed by atoms with Crippen LogP contribution < -0.4 is 44.6 Å². The number of carboxylic acid groups (broad SMARTS) is 1. The molecule has 0 saturated heterocycles. The Hall–Kier alpha value is -3.11. The molecule has 15 nitrogen and oxygen atoms in total. The van der Waals surface area contributed by atoms with Gasteiger partial charge in [-0.05, 0) is 57.1 Å². The fourth-order valence-corrected chi connectivity index (χ4v) is 3.61. The first-order valence-corrected chi connectivity index (χ1v) is 13.2. The van der Waals surface area contributed by atoms with E-state index in [4.69, 9.17) is 28.7 Å². The van der Waals surface area contributed by atoms with E-state index < -0.39 is 60.2 Å². The average Bonchev–Trinajstić information content (AvgIpc) is 2.82. The van der Waals surface area contributed by atoms with Crippen LogP contribution in [0.4, 0.5) is 0 Å². The number of aliphatic imine (C=N–C) groups is 1. The molecular formula is C21H41N9O6S. The minimum absolute atomic E-state index is 0.0772. The summed E-state index contributed by atoms with van der Waals surface area (Å²) in [6, 6.07) is -4.68. The molecule has 0 aliphatic heterocycles. The van der Waals surface area contributed by atoms with E-state index in [2.05, 4.69) is 20.9 Å². The van der Waals surface area contributed by atoms with E-state index in [1.54, 1.807) is 0 Å². The minimum atomic E-state index is -1.44. The smallest absolute Gasteiger partial charge is 0.326 e. The van der Waals surface area contributed by atoms with Gasteiger partial charge in [-0.25, -0.2) is 4.79 Å². The first-order valence-electron chi connectivity index (χ1n) is 11.8. The van der Waals surface area contributed by atoms with Crippen molar-refractivity contribution in [3.05, 3.63) is 0 Å². The number of rotatable bonds is 20. The van der Waals surface area contributed by atoms with Crippen molar-refractivity contribution in [3.63, 3.8) is 0 Å². The van der Waals surface area contributed by atoms with Gasteiger partial charge in [-0.2, -0.15) is 11.8 Å². The number of nitrogens with one attached hydrogen (secondary N) is 3. The van der Waals surface area contributed by atoms with Crippen LogP contribution in [-0.4, -0.2) is 89.9 Å². The largest absolute Gasteiger partial charge is 0.480 e. The molecule has 4 atom stereocenters. The molecule has 0 heterocycles. The van der Waals surface area contributed by atoms with Crippen LogP contribution in [-0.2, 0) is 24.0 Å². The van der Waals surface area contributed by atoms with Crippen molar-refractivity contribution in [2.24, 2.45) is 33.7 Å². The van der Waals surface area contributed by atoms with E-state index in [-0.39, 0.29) is 31.8 Å². The Morgan fingerprint density at radius 1 is 0.838 bits per heavy atom. The number of carbonyl (C=O) groups excluding carboxylic acids is 4. The minimum Gasteiger partial charge on any atom is -0.480 e. The number of guanidine groups is 1. The van der Waals surface area contributed by atoms with Crippen molar-refractivity contribution in [3.8, 4) is 0 Å². The molecule has 4 unspecified atom stereocenters. The third-order valence-electron chi connectivity index (χ3n) is 5.15. The fraction of sp³-hybridized carbons (Fsp3) is 0.714. The Morgan fingerprint density at radius 2 is 1.43 bits per heavy atom. The summed E-state index contributed by atoms with van der Waals surface area (Å²) in [5, 5.41) is 16.7. The molecule has 0 aromatic carbocycles. The second kappa shape index (κ2) is 19.1. The van der Waals surface area contributed by atoms with Gasteiger partial charge in [0.05, 0.1) is 12.5 Å². The van der Waals surface area contributed by atoms with Gasteiger partial charge in [0.1, 0.15) is 18.1 Å². The van der Waals surface area contributed by atoms with Gasteiger partial charge >= 0.3 is 5.97 Å². The third kappa shape index (κ3) is 15.6. The summed E-state index contributed by atoms with van der Waals surface area (Å²) in [4.78, 5) is 65.2. The second-order valence-corrected chi connectivity index (χ2v) is 9.30. The highest BCUT2D eigenvalue weighted by molar-refractivity contribution is 7.98. The molecule has 4 amide bonds. The summed E-state index contributed by atoms with van der Waals surface area (Å²) < 4.78 is 0. The van der Waals surface area contributed by atoms with Crippen LogP contribution in [0.1, 0.15) is 44.9 Å². The highest BCUT2D eigenvalue weighted by Gasteiger charge is 2.31. The van der Waals surface area contributed by atoms with Crippen molar-refractivity contribution >= 4 is 47.3 Å². The van der Waals surface area contributed by atoms with Gasteiger partial charge in [-0.1, -0.05) is 0 Å². The zero-order valence-electron chi connectivity index (χ0n) is 21.1. The van der Waals surface area contributed by atoms with E-state index in [1.165, 1.54) is 11.8 Å². The molecule has 0 aliphatic carbocycles. The van der Waals surface area contributed by atoms with Gasteiger partial charge in [-0.3, -0.25) is 24.2 Å². The summed E-state index contributed by atoms with van der Waals surface area (Å²) in [5.41, 5.74) is 27.1. The van der Waals surface area contributed by atoms with Crippen LogP contribution >= 0.6 is 11.8 Å². The van der Waals surface area contributed by atoms with Crippen LogP contribution in [0.2, 0.25) is 0 Å². The van der Waals surface area contributed by atoms with Crippen LogP contribution in [0.3, 0.4) is 0 Å². The first kappa shape index (κ1) is 33.9. The molecule has 0 saturated carbocycles. The standard InChI is InChI=1S/C21H41N9O6S/c1-37-10-7-13(28-17(32)12(23)5-4-9-27-21(25)26)18(33)30-15(11-16(24)31)19(34)29-14(20(35)36)6-2-3-8-22/h12-15H,2-11,22-23H2,1H3,(H2,24,31)(H,28,32)(H,29,34)(H,30,33)(H,35,36)(H4,25,26,27). The Kier molecular flexibility index (Phi) is 17.5. The number of thioether (sulfide) groups is 1. The number of carboxylic acids is 1. The summed E-state index contributed by atoms with van der Waals surface area (Å²) in [7, 11) is 0. The zero-order valence-corrected chi connectivity index (χ0v) is 21.9. The highest BCUT2D eigenvalue weighted by Crippen LogP contribution is 2.06. The van der Waals surface area contributed by atoms with Crippen molar-refractivity contribution in [2.45, 2.75) is 69.1 Å². The molecule has 0 fully saturated rings. The molecule has 0 aromatic heterocycles. The van der Waals surface area contributed by atoms with Crippen molar-refractivity contribution in [1.29, 1.82) is 0 Å². The van der Waals surface area contributed by atoms with Crippen molar-refractivity contribution in [1.82, 2.24) is 16.0 Å². The quantitative estimate of drug-likeness (QED) is 0.0412. The molecule has 14 N–H and O–H groups in total. The normalized spacial score (nSPS) is 13.9. The lowest BCUT2D eigenvalue weighted by Crippen LogP contribution is -2.57. The summed E-state index contributed by atoms with van der Waals surface area (Å²) in [6.45, 7) is 0.650. The number of hydrogen-bond acceptors (Lipinski definition) is 9. The molecule has 16 heteroatoms. The summed E-state index contributed by atoms with van der Waals surface area (Å²) in [5.74, 6) is -3.96. The maximum atomic E-state index is 13.0. The first-order chi connectivity index (χ1) is 17.4. The SMILES string of the molecule is CSCCC(NC(=O)C(N)CCCN=C(N)N)C(=O)NC(CC(N)=O)C(=O)NC(CCCCN)C(=O)O. The van der Waals surface area contributed by atoms with Gasteiger partial charge < -0.3 is 49.7 Å². The van der Waals surface area contributed by atoms with E-state index >= 15 is 0 Å². The number of carbonyl (C=O) groups is 5. The Bertz CT molecular complexity index is 794. The van der Waals surface area contributed by atoms with E-state index in [9.17, 15) is 29.1 Å². The number of unbranched alkanes of at least 4 members (excludes halogenated alkanes) is 1. The van der Waals surface area contributed by atoms with Gasteiger partial charge in [0, 0.05) is 6.54 Å². The Morgan fingerprint density at radius 3 is 1.97 bits per heavy atom. The average molecular weight is 548 g/mol. The Labute approximate surface area is 220 Å².